The largest absolute Gasteiger partial charge is 0.455 e. The highest BCUT2D eigenvalue weighted by molar-refractivity contribution is 7.92. The van der Waals surface area contributed by atoms with Crippen molar-refractivity contribution in [3.05, 3.63) is 75.5 Å². The molecule has 168 valence electrons. The lowest BCUT2D eigenvalue weighted by Gasteiger charge is -2.23. The van der Waals surface area contributed by atoms with Gasteiger partial charge in [-0.05, 0) is 55.8 Å². The lowest BCUT2D eigenvalue weighted by atomic mass is 10.1. The number of rotatable bonds is 7. The third kappa shape index (κ3) is 5.91. The fraction of sp³-hybridized carbons (Fsp3) is 0.182. The summed E-state index contributed by atoms with van der Waals surface area (Å²) in [5, 5.41) is 4.81. The molecule has 0 unspecified atom stereocenters. The first-order valence-corrected chi connectivity index (χ1v) is 12.1. The summed E-state index contributed by atoms with van der Waals surface area (Å²) in [7, 11) is -3.68. The first kappa shape index (κ1) is 23.8. The van der Waals surface area contributed by atoms with Crippen LogP contribution >= 0.6 is 23.2 Å². The Balaban J connectivity index is 1.69. The number of furan rings is 1. The van der Waals surface area contributed by atoms with Crippen molar-refractivity contribution in [3.8, 4) is 11.3 Å². The summed E-state index contributed by atoms with van der Waals surface area (Å²) in [6.07, 6.45) is 2.36. The van der Waals surface area contributed by atoms with Crippen molar-refractivity contribution in [2.24, 2.45) is 5.10 Å². The number of nitrogens with one attached hydrogen (secondary N) is 1. The number of nitrogens with zero attached hydrogens (tertiary/aromatic N) is 2. The summed E-state index contributed by atoms with van der Waals surface area (Å²) < 4.78 is 31.2. The van der Waals surface area contributed by atoms with Gasteiger partial charge in [-0.1, -0.05) is 40.9 Å². The molecule has 3 aromatic rings. The predicted octanol–water partition coefficient (Wildman–Crippen LogP) is 4.79. The molecular weight excluding hydrogens is 473 g/mol. The molecule has 0 radical (unpaired) electrons. The quantitative estimate of drug-likeness (QED) is 0.378. The minimum Gasteiger partial charge on any atom is -0.455 e. The Hall–Kier alpha value is -2.81. The second-order valence-corrected chi connectivity index (χ2v) is 9.93. The normalized spacial score (nSPS) is 11.7. The van der Waals surface area contributed by atoms with Crippen molar-refractivity contribution >= 4 is 51.0 Å². The molecule has 32 heavy (non-hydrogen) atoms. The Bertz CT molecular complexity index is 1290. The minimum absolute atomic E-state index is 0.376. The van der Waals surface area contributed by atoms with Gasteiger partial charge in [-0.3, -0.25) is 9.10 Å². The summed E-state index contributed by atoms with van der Waals surface area (Å²) in [4.78, 5) is 12.4. The van der Waals surface area contributed by atoms with E-state index in [1.165, 1.54) is 6.21 Å². The van der Waals surface area contributed by atoms with Gasteiger partial charge in [-0.2, -0.15) is 5.10 Å². The highest BCUT2D eigenvalue weighted by Gasteiger charge is 2.22. The minimum atomic E-state index is -3.68. The average Bonchev–Trinajstić information content (AvgIpc) is 3.14. The molecule has 0 saturated heterocycles. The summed E-state index contributed by atoms with van der Waals surface area (Å²) in [6.45, 7) is 3.28. The first-order valence-electron chi connectivity index (χ1n) is 9.47. The Labute approximate surface area is 196 Å². The van der Waals surface area contributed by atoms with Gasteiger partial charge in [0.2, 0.25) is 10.0 Å². The maximum Gasteiger partial charge on any atom is 0.260 e. The van der Waals surface area contributed by atoms with E-state index in [0.717, 1.165) is 21.7 Å². The lowest BCUT2D eigenvalue weighted by molar-refractivity contribution is -0.119. The number of amides is 1. The van der Waals surface area contributed by atoms with Crippen molar-refractivity contribution in [2.75, 3.05) is 17.1 Å². The monoisotopic (exact) mass is 493 g/mol. The SMILES string of the molecule is Cc1ccc(N(CC(=O)N/N=C\c2ccc(-c3ccc(Cl)cc3Cl)o2)S(C)(=O)=O)c(C)c1. The number of benzene rings is 2. The molecule has 10 heteroatoms. The highest BCUT2D eigenvalue weighted by atomic mass is 35.5. The fourth-order valence-electron chi connectivity index (χ4n) is 3.06. The molecule has 0 atom stereocenters. The predicted molar refractivity (Wildman–Crippen MR) is 128 cm³/mol. The van der Waals surface area contributed by atoms with Gasteiger partial charge >= 0.3 is 0 Å². The molecule has 1 amide bonds. The van der Waals surface area contributed by atoms with E-state index in [-0.39, 0.29) is 0 Å². The van der Waals surface area contributed by atoms with Crippen LogP contribution in [0.15, 0.2) is 58.0 Å². The van der Waals surface area contributed by atoms with Crippen molar-refractivity contribution < 1.29 is 17.6 Å². The second kappa shape index (κ2) is 9.77. The van der Waals surface area contributed by atoms with Crippen LogP contribution in [0.4, 0.5) is 5.69 Å². The van der Waals surface area contributed by atoms with Gasteiger partial charge in [0.05, 0.1) is 23.2 Å². The van der Waals surface area contributed by atoms with Crippen molar-refractivity contribution in [1.29, 1.82) is 0 Å². The third-order valence-electron chi connectivity index (χ3n) is 4.51. The molecule has 0 bridgehead atoms. The summed E-state index contributed by atoms with van der Waals surface area (Å²) in [6, 6.07) is 13.7. The van der Waals surface area contributed by atoms with Gasteiger partial charge in [-0.25, -0.2) is 13.8 Å². The number of aryl methyl sites for hydroxylation is 2. The van der Waals surface area contributed by atoms with E-state index < -0.39 is 22.5 Å². The highest BCUT2D eigenvalue weighted by Crippen LogP contribution is 2.31. The van der Waals surface area contributed by atoms with Crippen LogP contribution in [-0.4, -0.2) is 33.3 Å². The number of anilines is 1. The zero-order chi connectivity index (χ0) is 23.5. The van der Waals surface area contributed by atoms with Crippen molar-refractivity contribution in [3.63, 3.8) is 0 Å². The molecule has 0 fully saturated rings. The summed E-state index contributed by atoms with van der Waals surface area (Å²) in [5.41, 5.74) is 5.16. The molecule has 1 N–H and O–H groups in total. The van der Waals surface area contributed by atoms with Crippen molar-refractivity contribution in [2.45, 2.75) is 13.8 Å². The van der Waals surface area contributed by atoms with Crippen LogP contribution in [-0.2, 0) is 14.8 Å². The molecule has 3 rings (SSSR count). The average molecular weight is 494 g/mol. The molecular formula is C22H21Cl2N3O4S. The molecule has 7 nitrogen and oxygen atoms in total. The number of carbonyl (C=O) groups excluding carboxylic acids is 1. The topological polar surface area (TPSA) is 92.0 Å². The van der Waals surface area contributed by atoms with E-state index in [9.17, 15) is 13.2 Å². The Morgan fingerprint density at radius 3 is 2.53 bits per heavy atom. The van der Waals surface area contributed by atoms with Gasteiger partial charge < -0.3 is 4.42 Å². The van der Waals surface area contributed by atoms with E-state index in [4.69, 9.17) is 27.6 Å². The number of carbonyl (C=O) groups is 1. The summed E-state index contributed by atoms with van der Waals surface area (Å²) in [5.74, 6) is 0.289. The standard InChI is InChI=1S/C22H21Cl2N3O4S/c1-14-4-8-20(15(2)10-14)27(32(3,29)30)13-22(28)26-25-12-17-6-9-21(31-17)18-7-5-16(23)11-19(18)24/h4-12H,13H2,1-3H3,(H,26,28)/b25-12-. The number of hydrazone groups is 1. The number of halogens is 2. The fourth-order valence-corrected chi connectivity index (χ4v) is 4.47. The van der Waals surface area contributed by atoms with E-state index in [1.807, 2.05) is 13.0 Å². The first-order chi connectivity index (χ1) is 15.0. The second-order valence-electron chi connectivity index (χ2n) is 7.18. The van der Waals surface area contributed by atoms with E-state index in [1.54, 1.807) is 49.4 Å². The zero-order valence-electron chi connectivity index (χ0n) is 17.6. The van der Waals surface area contributed by atoms with Gasteiger partial charge in [-0.15, -0.1) is 0 Å². The molecule has 0 saturated carbocycles. The number of hydrogen-bond acceptors (Lipinski definition) is 5. The Morgan fingerprint density at radius 1 is 1.12 bits per heavy atom. The lowest BCUT2D eigenvalue weighted by Crippen LogP contribution is -2.39. The molecule has 0 spiro atoms. The van der Waals surface area contributed by atoms with Crippen LogP contribution in [0.25, 0.3) is 11.3 Å². The van der Waals surface area contributed by atoms with Gasteiger partial charge in [0.25, 0.3) is 5.91 Å². The Kier molecular flexibility index (Phi) is 7.28. The maximum atomic E-state index is 12.4. The van der Waals surface area contributed by atoms with Crippen LogP contribution in [0.5, 0.6) is 0 Å². The number of hydrogen-bond donors (Lipinski definition) is 1. The van der Waals surface area contributed by atoms with Crippen LogP contribution < -0.4 is 9.73 Å². The molecule has 2 aromatic carbocycles. The molecule has 1 aromatic heterocycles. The smallest absolute Gasteiger partial charge is 0.260 e. The molecule has 0 aliphatic heterocycles. The van der Waals surface area contributed by atoms with Crippen molar-refractivity contribution in [1.82, 2.24) is 5.43 Å². The van der Waals surface area contributed by atoms with Gasteiger partial charge in [0.15, 0.2) is 0 Å². The van der Waals surface area contributed by atoms with Crippen LogP contribution in [0.2, 0.25) is 10.0 Å². The van der Waals surface area contributed by atoms with E-state index in [2.05, 4.69) is 10.5 Å². The molecule has 0 aliphatic rings. The van der Waals surface area contributed by atoms with E-state index in [0.29, 0.717) is 32.8 Å². The molecule has 0 aliphatic carbocycles. The third-order valence-corrected chi connectivity index (χ3v) is 6.19. The van der Waals surface area contributed by atoms with E-state index >= 15 is 0 Å². The van der Waals surface area contributed by atoms with Gasteiger partial charge in [0.1, 0.15) is 18.1 Å². The van der Waals surface area contributed by atoms with Crippen LogP contribution in [0.3, 0.4) is 0 Å². The molecule has 1 heterocycles. The van der Waals surface area contributed by atoms with Crippen LogP contribution in [0.1, 0.15) is 16.9 Å². The van der Waals surface area contributed by atoms with Crippen LogP contribution in [0, 0.1) is 13.8 Å². The number of sulfonamides is 1. The maximum absolute atomic E-state index is 12.4. The van der Waals surface area contributed by atoms with Gasteiger partial charge in [0, 0.05) is 10.6 Å². The zero-order valence-corrected chi connectivity index (χ0v) is 19.9. The summed E-state index contributed by atoms with van der Waals surface area (Å²) >= 11 is 12.1. The Morgan fingerprint density at radius 2 is 1.88 bits per heavy atom.